The fourth-order valence-corrected chi connectivity index (χ4v) is 1.14. The summed E-state index contributed by atoms with van der Waals surface area (Å²) in [6.45, 7) is 4.31. The minimum Gasteiger partial charge on any atom is -0.396 e. The smallest absolute Gasteiger partial charge is 0.396 e. The molecule has 0 fully saturated rings. The fourth-order valence-electron chi connectivity index (χ4n) is 1.14. The van der Waals surface area contributed by atoms with Crippen LogP contribution >= 0.6 is 0 Å². The summed E-state index contributed by atoms with van der Waals surface area (Å²) in [6.07, 6.45) is -1.84. The first kappa shape index (κ1) is 16.0. The summed E-state index contributed by atoms with van der Waals surface area (Å²) in [5.74, 6) is 0. The van der Waals surface area contributed by atoms with Crippen LogP contribution in [0.3, 0.4) is 0 Å². The molecule has 0 aliphatic rings. The topological polar surface area (TPSA) is 20.2 Å². The van der Waals surface area contributed by atoms with Gasteiger partial charge >= 0.3 is 6.18 Å². The van der Waals surface area contributed by atoms with Gasteiger partial charge in [0.05, 0.1) is 5.56 Å². The lowest BCUT2D eigenvalue weighted by Gasteiger charge is -2.06. The summed E-state index contributed by atoms with van der Waals surface area (Å²) in [5.41, 5.74) is 0.178. The van der Waals surface area contributed by atoms with Gasteiger partial charge in [0.2, 0.25) is 0 Å². The van der Waals surface area contributed by atoms with E-state index in [1.54, 1.807) is 0 Å². The van der Waals surface area contributed by atoms with E-state index in [0.29, 0.717) is 12.8 Å². The molecule has 0 atom stereocenters. The second-order valence-electron chi connectivity index (χ2n) is 3.73. The number of benzene rings is 1. The van der Waals surface area contributed by atoms with Crippen LogP contribution in [0.25, 0.3) is 0 Å². The molecule has 1 aromatic carbocycles. The van der Waals surface area contributed by atoms with Gasteiger partial charge in [-0.2, -0.15) is 13.2 Å². The Labute approximate surface area is 100 Å². The number of alkyl halides is 3. The maximum absolute atomic E-state index is 12.1. The molecule has 0 spiro atoms. The third-order valence-corrected chi connectivity index (χ3v) is 1.90. The molecule has 0 saturated carbocycles. The monoisotopic (exact) mass is 248 g/mol. The zero-order valence-corrected chi connectivity index (χ0v) is 10.2. The normalized spacial score (nSPS) is 10.7. The summed E-state index contributed by atoms with van der Waals surface area (Å²) < 4.78 is 36.4. The van der Waals surface area contributed by atoms with E-state index in [4.69, 9.17) is 5.11 Å². The van der Waals surface area contributed by atoms with Crippen molar-refractivity contribution in [2.75, 3.05) is 6.61 Å². The van der Waals surface area contributed by atoms with Crippen LogP contribution in [0, 0.1) is 0 Å². The average Bonchev–Trinajstić information content (AvgIpc) is 2.27. The van der Waals surface area contributed by atoms with Crippen molar-refractivity contribution < 1.29 is 18.3 Å². The van der Waals surface area contributed by atoms with Crippen LogP contribution in [-0.2, 0) is 12.6 Å². The molecular formula is C13H19F3O. The number of aliphatic hydroxyl groups excluding tert-OH is 1. The van der Waals surface area contributed by atoms with Crippen molar-refractivity contribution in [1.82, 2.24) is 0 Å². The molecule has 1 rings (SSSR count). The predicted octanol–water partition coefficient (Wildman–Crippen LogP) is 4.05. The predicted molar refractivity (Wildman–Crippen MR) is 62.8 cm³/mol. The maximum atomic E-state index is 12.1. The lowest BCUT2D eigenvalue weighted by molar-refractivity contribution is -0.137. The molecule has 98 valence electrons. The Balaban J connectivity index is 0.000000770. The molecule has 0 amide bonds. The van der Waals surface area contributed by atoms with E-state index in [9.17, 15) is 13.2 Å². The second-order valence-corrected chi connectivity index (χ2v) is 3.73. The molecule has 0 aromatic heterocycles. The quantitative estimate of drug-likeness (QED) is 0.855. The van der Waals surface area contributed by atoms with Crippen molar-refractivity contribution in [3.63, 3.8) is 0 Å². The van der Waals surface area contributed by atoms with E-state index in [2.05, 4.69) is 13.8 Å². The second kappa shape index (κ2) is 8.12. The van der Waals surface area contributed by atoms with Gasteiger partial charge in [0.15, 0.2) is 0 Å². The van der Waals surface area contributed by atoms with Crippen LogP contribution in [0.5, 0.6) is 0 Å². The molecule has 1 aromatic rings. The summed E-state index contributed by atoms with van der Waals surface area (Å²) in [5, 5.41) is 8.53. The van der Waals surface area contributed by atoms with Crippen LogP contribution in [0.15, 0.2) is 24.3 Å². The van der Waals surface area contributed by atoms with E-state index >= 15 is 0 Å². The highest BCUT2D eigenvalue weighted by Gasteiger charge is 2.29. The Hall–Kier alpha value is -1.03. The van der Waals surface area contributed by atoms with Crippen LogP contribution in [0.2, 0.25) is 0 Å². The number of halogens is 3. The summed E-state index contributed by atoms with van der Waals surface area (Å²) in [6, 6.07) is 5.01. The molecule has 0 radical (unpaired) electrons. The molecule has 1 nitrogen and oxygen atoms in total. The van der Waals surface area contributed by atoms with Gasteiger partial charge in [-0.3, -0.25) is 0 Å². The summed E-state index contributed by atoms with van der Waals surface area (Å²) in [7, 11) is 0. The van der Waals surface area contributed by atoms with Gasteiger partial charge in [0.25, 0.3) is 0 Å². The van der Waals surface area contributed by atoms with Crippen LogP contribution < -0.4 is 0 Å². The van der Waals surface area contributed by atoms with Crippen LogP contribution in [0.1, 0.15) is 37.8 Å². The molecule has 0 aliphatic heterocycles. The van der Waals surface area contributed by atoms with Crippen molar-refractivity contribution in [2.45, 2.75) is 39.3 Å². The van der Waals surface area contributed by atoms with E-state index in [-0.39, 0.29) is 6.61 Å². The molecule has 1 N–H and O–H groups in total. The first-order valence-corrected chi connectivity index (χ1v) is 5.72. The minimum absolute atomic E-state index is 0.0566. The van der Waals surface area contributed by atoms with Crippen LogP contribution in [-0.4, -0.2) is 11.7 Å². The van der Waals surface area contributed by atoms with Crippen molar-refractivity contribution in [1.29, 1.82) is 0 Å². The molecule has 0 unspecified atom stereocenters. The summed E-state index contributed by atoms with van der Waals surface area (Å²) >= 11 is 0. The molecule has 17 heavy (non-hydrogen) atoms. The molecule has 0 saturated heterocycles. The third-order valence-electron chi connectivity index (χ3n) is 1.90. The van der Waals surface area contributed by atoms with Gasteiger partial charge in [-0.15, -0.1) is 0 Å². The largest absolute Gasteiger partial charge is 0.416 e. The average molecular weight is 248 g/mol. The van der Waals surface area contributed by atoms with Crippen molar-refractivity contribution in [3.05, 3.63) is 35.4 Å². The minimum atomic E-state index is -4.27. The van der Waals surface area contributed by atoms with E-state index in [0.717, 1.165) is 17.7 Å². The number of hydrogen-bond donors (Lipinski definition) is 1. The van der Waals surface area contributed by atoms with E-state index in [1.165, 1.54) is 18.6 Å². The highest BCUT2D eigenvalue weighted by Crippen LogP contribution is 2.29. The standard InChI is InChI=1S/C10H11F3O.C3H8/c11-10(12,13)9-5-3-8(4-6-9)2-1-7-14;1-3-2/h3-6,14H,1-2,7H2;3H2,1-2H3. The number of hydrogen-bond acceptors (Lipinski definition) is 1. The lowest BCUT2D eigenvalue weighted by atomic mass is 10.1. The first-order chi connectivity index (χ1) is 7.95. The Morgan fingerprint density at radius 2 is 1.53 bits per heavy atom. The van der Waals surface area contributed by atoms with E-state index in [1.807, 2.05) is 0 Å². The number of aliphatic hydroxyl groups is 1. The van der Waals surface area contributed by atoms with Crippen molar-refractivity contribution in [2.24, 2.45) is 0 Å². The molecule has 0 heterocycles. The summed E-state index contributed by atoms with van der Waals surface area (Å²) in [4.78, 5) is 0. The van der Waals surface area contributed by atoms with Crippen LogP contribution in [0.4, 0.5) is 13.2 Å². The third kappa shape index (κ3) is 7.00. The fraction of sp³-hybridized carbons (Fsp3) is 0.538. The van der Waals surface area contributed by atoms with Gasteiger partial charge < -0.3 is 5.11 Å². The Kier molecular flexibility index (Phi) is 7.63. The van der Waals surface area contributed by atoms with Gasteiger partial charge in [-0.25, -0.2) is 0 Å². The molecule has 4 heteroatoms. The van der Waals surface area contributed by atoms with Gasteiger partial charge in [0, 0.05) is 6.61 Å². The van der Waals surface area contributed by atoms with Gasteiger partial charge in [-0.1, -0.05) is 32.4 Å². The number of rotatable bonds is 3. The molecule has 0 bridgehead atoms. The molecular weight excluding hydrogens is 229 g/mol. The highest BCUT2D eigenvalue weighted by molar-refractivity contribution is 5.24. The van der Waals surface area contributed by atoms with Gasteiger partial charge in [0.1, 0.15) is 0 Å². The highest BCUT2D eigenvalue weighted by atomic mass is 19.4. The number of aryl methyl sites for hydroxylation is 1. The van der Waals surface area contributed by atoms with E-state index < -0.39 is 11.7 Å². The Morgan fingerprint density at radius 3 is 1.88 bits per heavy atom. The van der Waals surface area contributed by atoms with Crippen molar-refractivity contribution >= 4 is 0 Å². The van der Waals surface area contributed by atoms with Gasteiger partial charge in [-0.05, 0) is 30.5 Å². The molecule has 0 aliphatic carbocycles. The Morgan fingerprint density at radius 1 is 1.06 bits per heavy atom. The van der Waals surface area contributed by atoms with Crippen molar-refractivity contribution in [3.8, 4) is 0 Å². The zero-order valence-electron chi connectivity index (χ0n) is 10.2. The maximum Gasteiger partial charge on any atom is 0.416 e. The SMILES string of the molecule is CCC.OCCCc1ccc(C(F)(F)F)cc1. The Bertz CT molecular complexity index is 291. The lowest BCUT2D eigenvalue weighted by Crippen LogP contribution is -2.04. The first-order valence-electron chi connectivity index (χ1n) is 5.72. The zero-order chi connectivity index (χ0) is 13.3.